The Morgan fingerprint density at radius 2 is 1.91 bits per heavy atom. The molecule has 190 valence electrons. The van der Waals surface area contributed by atoms with Gasteiger partial charge < -0.3 is 9.50 Å². The van der Waals surface area contributed by atoms with Crippen molar-refractivity contribution in [2.75, 3.05) is 13.3 Å². The van der Waals surface area contributed by atoms with Gasteiger partial charge in [0, 0.05) is 20.1 Å². The minimum absolute atomic E-state index is 0.187. The molecule has 0 spiro atoms. The third-order valence-electron chi connectivity index (χ3n) is 4.70. The van der Waals surface area contributed by atoms with Gasteiger partial charge in [-0.1, -0.05) is 26.0 Å². The molecule has 1 aliphatic rings. The molecular weight excluding hydrogens is 487 g/mol. The number of hydrogen-bond acceptors (Lipinski definition) is 7. The first-order valence-corrected chi connectivity index (χ1v) is 13.0. The van der Waals surface area contributed by atoms with Crippen molar-refractivity contribution in [3.05, 3.63) is 57.5 Å². The standard InChI is InChI=1S/C12H18ClN3O4S.C8H8FNO.C2H6/c1-8-10(20-21(3,18)19)12(17)16-7-5-4-6-9(15(2)13)11(16)14-8;9-8-3-1-7(2-4-8)5-10-6-11;1-2/h9H,4-7H2,1-3H3;1-4,6H,5H2,(H,10,11);1-2H3. The van der Waals surface area contributed by atoms with E-state index in [0.29, 0.717) is 25.3 Å². The Kier molecular flexibility index (Phi) is 12.2. The summed E-state index contributed by atoms with van der Waals surface area (Å²) in [6.45, 7) is 6.48. The quantitative estimate of drug-likeness (QED) is 0.355. The Labute approximate surface area is 205 Å². The van der Waals surface area contributed by atoms with Crippen molar-refractivity contribution >= 4 is 28.3 Å². The van der Waals surface area contributed by atoms with Crippen LogP contribution in [-0.2, 0) is 28.0 Å². The minimum atomic E-state index is -3.78. The highest BCUT2D eigenvalue weighted by Gasteiger charge is 2.27. The molecule has 1 atom stereocenters. The molecule has 2 heterocycles. The molecule has 0 saturated heterocycles. The lowest BCUT2D eigenvalue weighted by Crippen LogP contribution is -2.31. The zero-order valence-electron chi connectivity index (χ0n) is 20.0. The van der Waals surface area contributed by atoms with E-state index < -0.39 is 15.7 Å². The maximum absolute atomic E-state index is 12.5. The van der Waals surface area contributed by atoms with E-state index in [1.807, 2.05) is 13.8 Å². The molecule has 3 rings (SSSR count). The number of fused-ring (bicyclic) bond motifs is 1. The van der Waals surface area contributed by atoms with Crippen molar-refractivity contribution in [1.82, 2.24) is 19.3 Å². The van der Waals surface area contributed by atoms with E-state index in [-0.39, 0.29) is 23.3 Å². The van der Waals surface area contributed by atoms with Crippen LogP contribution in [0.15, 0.2) is 29.1 Å². The molecule has 0 fully saturated rings. The summed E-state index contributed by atoms with van der Waals surface area (Å²) >= 11 is 6.06. The topological polar surface area (TPSA) is 111 Å². The maximum Gasteiger partial charge on any atom is 0.306 e. The first kappa shape index (κ1) is 29.5. The Balaban J connectivity index is 0.000000374. The summed E-state index contributed by atoms with van der Waals surface area (Å²) in [4.78, 5) is 26.7. The predicted octanol–water partition coefficient (Wildman–Crippen LogP) is 3.30. The number of aromatic nitrogens is 2. The molecule has 12 heteroatoms. The molecule has 1 amide bonds. The van der Waals surface area contributed by atoms with Crippen LogP contribution in [0.3, 0.4) is 0 Å². The number of carbonyl (C=O) groups excluding carboxylic acids is 1. The van der Waals surface area contributed by atoms with Gasteiger partial charge in [-0.2, -0.15) is 8.42 Å². The van der Waals surface area contributed by atoms with Crippen LogP contribution in [0, 0.1) is 12.7 Å². The van der Waals surface area contributed by atoms with Crippen LogP contribution in [0.25, 0.3) is 0 Å². The molecule has 9 nitrogen and oxygen atoms in total. The zero-order chi connectivity index (χ0) is 25.9. The number of aryl methyl sites for hydroxylation is 1. The van der Waals surface area contributed by atoms with Crippen molar-refractivity contribution in [3.63, 3.8) is 0 Å². The monoisotopic (exact) mass is 518 g/mol. The molecule has 1 N–H and O–H groups in total. The average Bonchev–Trinajstić information content (AvgIpc) is 3.00. The SMILES string of the molecule is CC.Cc1nc2n(c(=O)c1OS(C)(=O)=O)CCCCC2N(C)Cl.O=CNCc1ccc(F)cc1. The van der Waals surface area contributed by atoms with Crippen LogP contribution < -0.4 is 15.1 Å². The molecule has 34 heavy (non-hydrogen) atoms. The lowest BCUT2D eigenvalue weighted by atomic mass is 10.1. The van der Waals surface area contributed by atoms with Gasteiger partial charge in [-0.05, 0) is 55.7 Å². The van der Waals surface area contributed by atoms with Gasteiger partial charge in [-0.3, -0.25) is 14.2 Å². The number of rotatable bonds is 6. The third-order valence-corrected chi connectivity index (χ3v) is 5.41. The molecule has 1 unspecified atom stereocenters. The molecule has 0 bridgehead atoms. The third kappa shape index (κ3) is 9.03. The lowest BCUT2D eigenvalue weighted by molar-refractivity contribution is -0.109. The Morgan fingerprint density at radius 1 is 1.29 bits per heavy atom. The number of nitrogens with zero attached hydrogens (tertiary/aromatic N) is 3. The van der Waals surface area contributed by atoms with Gasteiger partial charge in [0.15, 0.2) is 0 Å². The van der Waals surface area contributed by atoms with E-state index in [1.54, 1.807) is 26.1 Å². The Hall–Kier alpha value is -2.50. The van der Waals surface area contributed by atoms with Crippen molar-refractivity contribution in [3.8, 4) is 5.75 Å². The summed E-state index contributed by atoms with van der Waals surface area (Å²) in [6, 6.07) is 5.80. The highest BCUT2D eigenvalue weighted by atomic mass is 35.5. The first-order chi connectivity index (χ1) is 16.0. The summed E-state index contributed by atoms with van der Waals surface area (Å²) in [6.07, 6.45) is 4.02. The van der Waals surface area contributed by atoms with Crippen LogP contribution in [0.5, 0.6) is 5.75 Å². The second-order valence-electron chi connectivity index (χ2n) is 7.29. The van der Waals surface area contributed by atoms with E-state index >= 15 is 0 Å². The lowest BCUT2D eigenvalue weighted by Gasteiger charge is -2.22. The molecule has 1 aromatic carbocycles. The van der Waals surface area contributed by atoms with Gasteiger partial charge >= 0.3 is 10.1 Å². The number of hydrogen-bond donors (Lipinski definition) is 1. The normalized spacial score (nSPS) is 15.0. The average molecular weight is 519 g/mol. The largest absolute Gasteiger partial charge is 0.375 e. The predicted molar refractivity (Wildman–Crippen MR) is 130 cm³/mol. The minimum Gasteiger partial charge on any atom is -0.375 e. The maximum atomic E-state index is 12.5. The van der Waals surface area contributed by atoms with Crippen molar-refractivity contribution in [1.29, 1.82) is 0 Å². The molecular formula is C22H32ClFN4O5S. The second-order valence-corrected chi connectivity index (χ2v) is 9.40. The molecule has 0 aliphatic carbocycles. The summed E-state index contributed by atoms with van der Waals surface area (Å²) < 4.78 is 42.6. The highest BCUT2D eigenvalue weighted by molar-refractivity contribution is 7.86. The van der Waals surface area contributed by atoms with Crippen molar-refractivity contribution in [2.24, 2.45) is 0 Å². The smallest absolute Gasteiger partial charge is 0.306 e. The van der Waals surface area contributed by atoms with Crippen LogP contribution in [0.4, 0.5) is 4.39 Å². The van der Waals surface area contributed by atoms with E-state index in [4.69, 9.17) is 16.0 Å². The van der Waals surface area contributed by atoms with E-state index in [9.17, 15) is 22.4 Å². The second kappa shape index (κ2) is 14.0. The molecule has 0 saturated carbocycles. The van der Waals surface area contributed by atoms with Gasteiger partial charge in [0.25, 0.3) is 5.56 Å². The van der Waals surface area contributed by atoms with E-state index in [0.717, 1.165) is 31.1 Å². The van der Waals surface area contributed by atoms with Gasteiger partial charge in [-0.15, -0.1) is 0 Å². The zero-order valence-corrected chi connectivity index (χ0v) is 21.6. The summed E-state index contributed by atoms with van der Waals surface area (Å²) in [5, 5.41) is 2.48. The molecule has 1 aromatic heterocycles. The number of halogens is 2. The van der Waals surface area contributed by atoms with Crippen LogP contribution in [0.1, 0.15) is 56.2 Å². The van der Waals surface area contributed by atoms with Crippen molar-refractivity contribution in [2.45, 2.75) is 59.2 Å². The van der Waals surface area contributed by atoms with Crippen molar-refractivity contribution < 1.29 is 21.8 Å². The number of amides is 1. The number of nitrogens with one attached hydrogen (secondary N) is 1. The van der Waals surface area contributed by atoms with Crippen LogP contribution >= 0.6 is 11.8 Å². The van der Waals surface area contributed by atoms with Crippen LogP contribution in [-0.4, -0.2) is 42.1 Å². The van der Waals surface area contributed by atoms with Gasteiger partial charge in [0.05, 0.1) is 18.0 Å². The highest BCUT2D eigenvalue weighted by Crippen LogP contribution is 2.29. The van der Waals surface area contributed by atoms with Gasteiger partial charge in [0.2, 0.25) is 12.2 Å². The molecule has 2 aromatic rings. The van der Waals surface area contributed by atoms with Crippen LogP contribution in [0.2, 0.25) is 0 Å². The molecule has 0 radical (unpaired) electrons. The summed E-state index contributed by atoms with van der Waals surface area (Å²) in [7, 11) is -2.06. The Morgan fingerprint density at radius 3 is 2.44 bits per heavy atom. The fourth-order valence-corrected chi connectivity index (χ4v) is 3.90. The summed E-state index contributed by atoms with van der Waals surface area (Å²) in [5.74, 6) is 0.0485. The molecule has 1 aliphatic heterocycles. The van der Waals surface area contributed by atoms with Gasteiger partial charge in [0.1, 0.15) is 11.6 Å². The van der Waals surface area contributed by atoms with Gasteiger partial charge in [-0.25, -0.2) is 13.8 Å². The number of benzene rings is 1. The fraction of sp³-hybridized carbons (Fsp3) is 0.500. The van der Waals surface area contributed by atoms with E-state index in [2.05, 4.69) is 10.3 Å². The van der Waals surface area contributed by atoms with E-state index in [1.165, 1.54) is 21.1 Å². The fourth-order valence-electron chi connectivity index (χ4n) is 3.22. The number of carbonyl (C=O) groups is 1. The Bertz CT molecular complexity index is 1090. The first-order valence-electron chi connectivity index (χ1n) is 10.8. The summed E-state index contributed by atoms with van der Waals surface area (Å²) in [5.41, 5.74) is 0.661.